The summed E-state index contributed by atoms with van der Waals surface area (Å²) in [5.74, 6) is 0.185. The molecule has 1 amide bonds. The number of carbonyl (C=O) groups excluding carboxylic acids is 1. The standard InChI is InChI=1S/C18H22N2O3S/c1-23-12-8-9-13(15(21)11-12)18(22)19-10-4-7-17-20-14-5-2-3-6-16(14)24-17/h8-9,11,21H,2-7,10H2,1H3,(H,19,22). The quantitative estimate of drug-likeness (QED) is 0.789. The summed E-state index contributed by atoms with van der Waals surface area (Å²) in [5.41, 5.74) is 1.55. The van der Waals surface area contributed by atoms with Crippen molar-refractivity contribution in [2.24, 2.45) is 0 Å². The Morgan fingerprint density at radius 2 is 2.21 bits per heavy atom. The number of thiazole rings is 1. The van der Waals surface area contributed by atoms with Crippen LogP contribution in [0.15, 0.2) is 18.2 Å². The van der Waals surface area contributed by atoms with Gasteiger partial charge in [-0.25, -0.2) is 4.98 Å². The average Bonchev–Trinajstić information content (AvgIpc) is 3.01. The van der Waals surface area contributed by atoms with Crippen molar-refractivity contribution in [2.45, 2.75) is 38.5 Å². The molecule has 0 radical (unpaired) electrons. The normalized spacial score (nSPS) is 13.4. The summed E-state index contributed by atoms with van der Waals surface area (Å²) < 4.78 is 5.01. The largest absolute Gasteiger partial charge is 0.507 e. The molecule has 3 rings (SSSR count). The first-order valence-corrected chi connectivity index (χ1v) is 9.11. The summed E-state index contributed by atoms with van der Waals surface area (Å²) in [5, 5.41) is 13.9. The molecule has 1 aromatic carbocycles. The van der Waals surface area contributed by atoms with E-state index in [9.17, 15) is 9.90 Å². The van der Waals surface area contributed by atoms with Gasteiger partial charge < -0.3 is 15.2 Å². The maximum Gasteiger partial charge on any atom is 0.255 e. The second kappa shape index (κ2) is 7.66. The summed E-state index contributed by atoms with van der Waals surface area (Å²) in [4.78, 5) is 18.3. The number of nitrogens with one attached hydrogen (secondary N) is 1. The van der Waals surface area contributed by atoms with Crippen molar-refractivity contribution in [3.63, 3.8) is 0 Å². The Morgan fingerprint density at radius 3 is 2.96 bits per heavy atom. The van der Waals surface area contributed by atoms with Crippen LogP contribution in [0.2, 0.25) is 0 Å². The number of methoxy groups -OCH3 is 1. The highest BCUT2D eigenvalue weighted by atomic mass is 32.1. The third-order valence-corrected chi connectivity index (χ3v) is 5.41. The van der Waals surface area contributed by atoms with E-state index >= 15 is 0 Å². The lowest BCUT2D eigenvalue weighted by atomic mass is 10.0. The second-order valence-electron chi connectivity index (χ2n) is 5.93. The molecule has 0 unspecified atom stereocenters. The zero-order chi connectivity index (χ0) is 16.9. The summed E-state index contributed by atoms with van der Waals surface area (Å²) >= 11 is 1.82. The van der Waals surface area contributed by atoms with Crippen molar-refractivity contribution in [1.82, 2.24) is 10.3 Å². The number of nitrogens with zero attached hydrogens (tertiary/aromatic N) is 1. The Morgan fingerprint density at radius 1 is 1.38 bits per heavy atom. The molecule has 0 saturated heterocycles. The SMILES string of the molecule is COc1ccc(C(=O)NCCCc2nc3c(s2)CCCC3)c(O)c1. The molecular formula is C18H22N2O3S. The molecular weight excluding hydrogens is 324 g/mol. The van der Waals surface area contributed by atoms with Gasteiger partial charge in [-0.3, -0.25) is 4.79 Å². The topological polar surface area (TPSA) is 71.5 Å². The van der Waals surface area contributed by atoms with E-state index in [-0.39, 0.29) is 17.2 Å². The van der Waals surface area contributed by atoms with Crippen LogP contribution in [0.1, 0.15) is 45.2 Å². The van der Waals surface area contributed by atoms with Crippen LogP contribution in [0, 0.1) is 0 Å². The molecule has 1 aliphatic rings. The molecule has 0 bridgehead atoms. The number of amides is 1. The monoisotopic (exact) mass is 346 g/mol. The van der Waals surface area contributed by atoms with Gasteiger partial charge in [-0.1, -0.05) is 0 Å². The van der Waals surface area contributed by atoms with E-state index in [0.717, 1.165) is 19.3 Å². The lowest BCUT2D eigenvalue weighted by Crippen LogP contribution is -2.24. The molecule has 1 heterocycles. The number of aryl methyl sites for hydroxylation is 3. The Balaban J connectivity index is 1.47. The molecule has 6 heteroatoms. The third-order valence-electron chi connectivity index (χ3n) is 4.19. The van der Waals surface area contributed by atoms with Gasteiger partial charge in [0.1, 0.15) is 11.5 Å². The summed E-state index contributed by atoms with van der Waals surface area (Å²) in [7, 11) is 1.52. The highest BCUT2D eigenvalue weighted by Gasteiger charge is 2.15. The van der Waals surface area contributed by atoms with Crippen molar-refractivity contribution in [1.29, 1.82) is 0 Å². The highest BCUT2D eigenvalue weighted by Crippen LogP contribution is 2.27. The van der Waals surface area contributed by atoms with Gasteiger partial charge >= 0.3 is 0 Å². The number of phenolic OH excluding ortho intramolecular Hbond substituents is 1. The van der Waals surface area contributed by atoms with E-state index in [1.54, 1.807) is 12.1 Å². The van der Waals surface area contributed by atoms with Crippen molar-refractivity contribution >= 4 is 17.2 Å². The fourth-order valence-electron chi connectivity index (χ4n) is 2.88. The predicted octanol–water partition coefficient (Wildman–Crippen LogP) is 3.10. The fraction of sp³-hybridized carbons (Fsp3) is 0.444. The predicted molar refractivity (Wildman–Crippen MR) is 94.1 cm³/mol. The van der Waals surface area contributed by atoms with E-state index in [1.165, 1.54) is 48.0 Å². The average molecular weight is 346 g/mol. The minimum Gasteiger partial charge on any atom is -0.507 e. The van der Waals surface area contributed by atoms with E-state index < -0.39 is 0 Å². The first-order chi connectivity index (χ1) is 11.7. The maximum absolute atomic E-state index is 12.1. The minimum atomic E-state index is -0.270. The van der Waals surface area contributed by atoms with Crippen molar-refractivity contribution in [3.8, 4) is 11.5 Å². The van der Waals surface area contributed by atoms with Crippen molar-refractivity contribution in [3.05, 3.63) is 39.3 Å². The van der Waals surface area contributed by atoms with Gasteiger partial charge in [0.05, 0.1) is 23.4 Å². The zero-order valence-electron chi connectivity index (χ0n) is 13.8. The van der Waals surface area contributed by atoms with Crippen LogP contribution >= 0.6 is 11.3 Å². The third kappa shape index (κ3) is 3.87. The summed E-state index contributed by atoms with van der Waals surface area (Å²) in [6.07, 6.45) is 6.52. The fourth-order valence-corrected chi connectivity index (χ4v) is 4.08. The van der Waals surface area contributed by atoms with Gasteiger partial charge in [-0.05, 0) is 44.2 Å². The summed E-state index contributed by atoms with van der Waals surface area (Å²) in [6, 6.07) is 4.67. The molecule has 0 atom stereocenters. The van der Waals surface area contributed by atoms with Gasteiger partial charge in [0.2, 0.25) is 0 Å². The Kier molecular flexibility index (Phi) is 5.35. The first-order valence-electron chi connectivity index (χ1n) is 8.30. The molecule has 1 aromatic heterocycles. The number of rotatable bonds is 6. The van der Waals surface area contributed by atoms with Gasteiger partial charge in [-0.15, -0.1) is 11.3 Å². The van der Waals surface area contributed by atoms with E-state index in [1.807, 2.05) is 11.3 Å². The smallest absolute Gasteiger partial charge is 0.255 e. The minimum absolute atomic E-state index is 0.0700. The van der Waals surface area contributed by atoms with Crippen LogP contribution in [0.5, 0.6) is 11.5 Å². The molecule has 2 N–H and O–H groups in total. The molecule has 1 aliphatic carbocycles. The molecule has 0 saturated carbocycles. The molecule has 2 aromatic rings. The molecule has 0 fully saturated rings. The van der Waals surface area contributed by atoms with E-state index in [2.05, 4.69) is 5.32 Å². The molecule has 0 spiro atoms. The number of hydrogen-bond acceptors (Lipinski definition) is 5. The van der Waals surface area contributed by atoms with Crippen LogP contribution in [0.4, 0.5) is 0 Å². The van der Waals surface area contributed by atoms with E-state index in [0.29, 0.717) is 12.3 Å². The Bertz CT molecular complexity index is 704. The van der Waals surface area contributed by atoms with Gasteiger partial charge in [0.15, 0.2) is 0 Å². The lowest BCUT2D eigenvalue weighted by molar-refractivity contribution is 0.0950. The Hall–Kier alpha value is -2.08. The lowest BCUT2D eigenvalue weighted by Gasteiger charge is -2.07. The second-order valence-corrected chi connectivity index (χ2v) is 7.10. The van der Waals surface area contributed by atoms with Crippen molar-refractivity contribution < 1.29 is 14.6 Å². The molecule has 24 heavy (non-hydrogen) atoms. The molecule has 128 valence electrons. The zero-order valence-corrected chi connectivity index (χ0v) is 14.6. The maximum atomic E-state index is 12.1. The molecule has 0 aliphatic heterocycles. The van der Waals surface area contributed by atoms with Gasteiger partial charge in [0.25, 0.3) is 5.91 Å². The number of ether oxygens (including phenoxy) is 1. The molecule has 5 nitrogen and oxygen atoms in total. The van der Waals surface area contributed by atoms with Crippen LogP contribution in [0.25, 0.3) is 0 Å². The number of carbonyl (C=O) groups is 1. The number of fused-ring (bicyclic) bond motifs is 1. The van der Waals surface area contributed by atoms with Crippen LogP contribution in [-0.4, -0.2) is 29.7 Å². The van der Waals surface area contributed by atoms with Gasteiger partial charge in [0, 0.05) is 23.9 Å². The van der Waals surface area contributed by atoms with E-state index in [4.69, 9.17) is 9.72 Å². The van der Waals surface area contributed by atoms with Crippen LogP contribution < -0.4 is 10.1 Å². The Labute approximate surface area is 145 Å². The number of benzene rings is 1. The first kappa shape index (κ1) is 16.8. The number of hydrogen-bond donors (Lipinski definition) is 2. The van der Waals surface area contributed by atoms with Gasteiger partial charge in [-0.2, -0.15) is 0 Å². The highest BCUT2D eigenvalue weighted by molar-refractivity contribution is 7.11. The summed E-state index contributed by atoms with van der Waals surface area (Å²) in [6.45, 7) is 0.564. The number of phenols is 1. The number of aromatic hydroxyl groups is 1. The van der Waals surface area contributed by atoms with Crippen molar-refractivity contribution in [2.75, 3.05) is 13.7 Å². The van der Waals surface area contributed by atoms with Crippen LogP contribution in [-0.2, 0) is 19.3 Å². The van der Waals surface area contributed by atoms with Crippen LogP contribution in [0.3, 0.4) is 0 Å². The number of aromatic nitrogens is 1.